The SMILES string of the molecule is CC1=CC(O)C2CC(=O)C2C1. The average molecular weight is 152 g/mol. The molecule has 60 valence electrons. The van der Waals surface area contributed by atoms with Crippen molar-refractivity contribution in [2.24, 2.45) is 11.8 Å². The van der Waals surface area contributed by atoms with Crippen LogP contribution in [-0.2, 0) is 4.79 Å². The smallest absolute Gasteiger partial charge is 0.137 e. The normalized spacial score (nSPS) is 42.5. The van der Waals surface area contributed by atoms with Gasteiger partial charge in [-0.15, -0.1) is 0 Å². The van der Waals surface area contributed by atoms with Crippen LogP contribution >= 0.6 is 0 Å². The fourth-order valence-corrected chi connectivity index (χ4v) is 2.06. The Bertz CT molecular complexity index is 230. The first-order valence-corrected chi connectivity index (χ1v) is 4.06. The van der Waals surface area contributed by atoms with Crippen molar-refractivity contribution in [2.75, 3.05) is 0 Å². The van der Waals surface area contributed by atoms with Crippen molar-refractivity contribution in [3.8, 4) is 0 Å². The van der Waals surface area contributed by atoms with Gasteiger partial charge in [0.1, 0.15) is 5.78 Å². The summed E-state index contributed by atoms with van der Waals surface area (Å²) in [6, 6.07) is 0. The summed E-state index contributed by atoms with van der Waals surface area (Å²) in [5.41, 5.74) is 1.16. The minimum atomic E-state index is -0.355. The molecule has 0 aromatic rings. The zero-order valence-electron chi connectivity index (χ0n) is 6.58. The van der Waals surface area contributed by atoms with Gasteiger partial charge < -0.3 is 5.11 Å². The van der Waals surface area contributed by atoms with Crippen LogP contribution in [0.15, 0.2) is 11.6 Å². The largest absolute Gasteiger partial charge is 0.389 e. The highest BCUT2D eigenvalue weighted by atomic mass is 16.3. The average Bonchev–Trinajstić information content (AvgIpc) is 1.93. The maximum atomic E-state index is 11.0. The van der Waals surface area contributed by atoms with Crippen molar-refractivity contribution < 1.29 is 9.90 Å². The molecular formula is C9H12O2. The molecule has 1 N–H and O–H groups in total. The zero-order valence-corrected chi connectivity index (χ0v) is 6.58. The highest BCUT2D eigenvalue weighted by molar-refractivity contribution is 5.88. The standard InChI is InChI=1S/C9H12O2/c1-5-2-6-7(4-9(6)11)8(10)3-5/h3,6-8,10H,2,4H2,1H3. The fraction of sp³-hybridized carbons (Fsp3) is 0.667. The van der Waals surface area contributed by atoms with E-state index in [1.54, 1.807) is 0 Å². The topological polar surface area (TPSA) is 37.3 Å². The Labute approximate surface area is 65.9 Å². The molecule has 0 aliphatic heterocycles. The van der Waals surface area contributed by atoms with E-state index in [1.807, 2.05) is 13.0 Å². The molecule has 1 fully saturated rings. The summed E-state index contributed by atoms with van der Waals surface area (Å²) in [6.45, 7) is 1.98. The van der Waals surface area contributed by atoms with Gasteiger partial charge in [0.2, 0.25) is 0 Å². The Kier molecular flexibility index (Phi) is 1.39. The number of rotatable bonds is 0. The summed E-state index contributed by atoms with van der Waals surface area (Å²) >= 11 is 0. The molecule has 1 saturated carbocycles. The number of Topliss-reactive ketones (excluding diaryl/α,β-unsaturated/α-hetero) is 1. The molecular weight excluding hydrogens is 140 g/mol. The molecule has 2 aliphatic rings. The first-order valence-electron chi connectivity index (χ1n) is 4.06. The summed E-state index contributed by atoms with van der Waals surface area (Å²) in [4.78, 5) is 11.0. The monoisotopic (exact) mass is 152 g/mol. The number of hydrogen-bond acceptors (Lipinski definition) is 2. The van der Waals surface area contributed by atoms with Crippen molar-refractivity contribution in [2.45, 2.75) is 25.9 Å². The molecule has 11 heavy (non-hydrogen) atoms. The van der Waals surface area contributed by atoms with Crippen LogP contribution in [0.3, 0.4) is 0 Å². The Morgan fingerprint density at radius 3 is 2.91 bits per heavy atom. The minimum Gasteiger partial charge on any atom is -0.389 e. The van der Waals surface area contributed by atoms with E-state index in [-0.39, 0.29) is 17.9 Å². The molecule has 2 aliphatic carbocycles. The van der Waals surface area contributed by atoms with Gasteiger partial charge in [0, 0.05) is 18.3 Å². The lowest BCUT2D eigenvalue weighted by Gasteiger charge is -2.40. The van der Waals surface area contributed by atoms with Crippen molar-refractivity contribution >= 4 is 5.78 Å². The third-order valence-electron chi connectivity index (χ3n) is 2.80. The number of carbonyl (C=O) groups is 1. The van der Waals surface area contributed by atoms with Gasteiger partial charge in [0.05, 0.1) is 6.10 Å². The molecule has 0 bridgehead atoms. The van der Waals surface area contributed by atoms with E-state index >= 15 is 0 Å². The highest BCUT2D eigenvalue weighted by Crippen LogP contribution is 2.41. The fourth-order valence-electron chi connectivity index (χ4n) is 2.06. The first-order chi connectivity index (χ1) is 5.18. The molecule has 0 radical (unpaired) electrons. The second-order valence-corrected chi connectivity index (χ2v) is 3.65. The molecule has 0 amide bonds. The first kappa shape index (κ1) is 7.04. The lowest BCUT2D eigenvalue weighted by Crippen LogP contribution is -2.45. The Balaban J connectivity index is 2.20. The molecule has 0 spiro atoms. The number of carbonyl (C=O) groups excluding carboxylic acids is 1. The number of aliphatic hydroxyl groups is 1. The third-order valence-corrected chi connectivity index (χ3v) is 2.80. The maximum absolute atomic E-state index is 11.0. The Morgan fingerprint density at radius 2 is 2.27 bits per heavy atom. The van der Waals surface area contributed by atoms with E-state index in [0.717, 1.165) is 12.0 Å². The van der Waals surface area contributed by atoms with Crippen LogP contribution in [0.2, 0.25) is 0 Å². The van der Waals surface area contributed by atoms with Crippen molar-refractivity contribution in [3.05, 3.63) is 11.6 Å². The van der Waals surface area contributed by atoms with Crippen LogP contribution in [0, 0.1) is 11.8 Å². The van der Waals surface area contributed by atoms with Gasteiger partial charge in [-0.25, -0.2) is 0 Å². The number of allylic oxidation sites excluding steroid dienone is 1. The van der Waals surface area contributed by atoms with Crippen molar-refractivity contribution in [1.29, 1.82) is 0 Å². The molecule has 2 heteroatoms. The van der Waals surface area contributed by atoms with Crippen LogP contribution in [0.25, 0.3) is 0 Å². The summed E-state index contributed by atoms with van der Waals surface area (Å²) in [6.07, 6.45) is 3.00. The van der Waals surface area contributed by atoms with Crippen LogP contribution in [0.1, 0.15) is 19.8 Å². The van der Waals surface area contributed by atoms with Crippen molar-refractivity contribution in [3.63, 3.8) is 0 Å². The van der Waals surface area contributed by atoms with Gasteiger partial charge >= 0.3 is 0 Å². The van der Waals surface area contributed by atoms with Crippen LogP contribution in [0.5, 0.6) is 0 Å². The summed E-state index contributed by atoms with van der Waals surface area (Å²) in [7, 11) is 0. The maximum Gasteiger partial charge on any atom is 0.137 e. The quantitative estimate of drug-likeness (QED) is 0.524. The molecule has 0 saturated heterocycles. The molecule has 3 atom stereocenters. The predicted molar refractivity (Wildman–Crippen MR) is 41.0 cm³/mol. The van der Waals surface area contributed by atoms with Gasteiger partial charge in [-0.3, -0.25) is 4.79 Å². The van der Waals surface area contributed by atoms with E-state index in [4.69, 9.17) is 0 Å². The van der Waals surface area contributed by atoms with E-state index in [0.29, 0.717) is 12.2 Å². The van der Waals surface area contributed by atoms with Gasteiger partial charge in [-0.1, -0.05) is 11.6 Å². The predicted octanol–water partition coefficient (Wildman–Crippen LogP) is 0.903. The molecule has 0 aromatic carbocycles. The summed E-state index contributed by atoms with van der Waals surface area (Å²) in [5.74, 6) is 0.725. The molecule has 2 rings (SSSR count). The molecule has 2 nitrogen and oxygen atoms in total. The number of ketones is 1. The summed E-state index contributed by atoms with van der Waals surface area (Å²) < 4.78 is 0. The second-order valence-electron chi connectivity index (χ2n) is 3.65. The van der Waals surface area contributed by atoms with Crippen LogP contribution in [0.4, 0.5) is 0 Å². The highest BCUT2D eigenvalue weighted by Gasteiger charge is 2.44. The van der Waals surface area contributed by atoms with Gasteiger partial charge in [0.15, 0.2) is 0 Å². The van der Waals surface area contributed by atoms with Crippen LogP contribution in [-0.4, -0.2) is 17.0 Å². The Hall–Kier alpha value is -0.630. The number of hydrogen-bond donors (Lipinski definition) is 1. The molecule has 3 unspecified atom stereocenters. The third kappa shape index (κ3) is 0.932. The number of fused-ring (bicyclic) bond motifs is 1. The minimum absolute atomic E-state index is 0.148. The van der Waals surface area contributed by atoms with E-state index in [2.05, 4.69) is 0 Å². The van der Waals surface area contributed by atoms with Crippen LogP contribution < -0.4 is 0 Å². The lowest BCUT2D eigenvalue weighted by atomic mass is 9.64. The van der Waals surface area contributed by atoms with Crippen molar-refractivity contribution in [1.82, 2.24) is 0 Å². The van der Waals surface area contributed by atoms with E-state index < -0.39 is 0 Å². The molecule has 0 aromatic heterocycles. The van der Waals surface area contributed by atoms with Gasteiger partial charge in [0.25, 0.3) is 0 Å². The zero-order chi connectivity index (χ0) is 8.01. The summed E-state index contributed by atoms with van der Waals surface area (Å²) in [5, 5.41) is 9.46. The Morgan fingerprint density at radius 1 is 1.55 bits per heavy atom. The lowest BCUT2D eigenvalue weighted by molar-refractivity contribution is -0.138. The van der Waals surface area contributed by atoms with E-state index in [9.17, 15) is 9.90 Å². The molecule has 0 heterocycles. The van der Waals surface area contributed by atoms with E-state index in [1.165, 1.54) is 0 Å². The van der Waals surface area contributed by atoms with Gasteiger partial charge in [-0.05, 0) is 13.3 Å². The second kappa shape index (κ2) is 2.18. The van der Waals surface area contributed by atoms with Gasteiger partial charge in [-0.2, -0.15) is 0 Å². The number of aliphatic hydroxyl groups excluding tert-OH is 1.